The van der Waals surface area contributed by atoms with Gasteiger partial charge in [0.25, 0.3) is 0 Å². The second-order valence-corrected chi connectivity index (χ2v) is 5.99. The summed E-state index contributed by atoms with van der Waals surface area (Å²) in [5.41, 5.74) is -0.963. The second kappa shape index (κ2) is 4.87. The molecule has 2 rings (SSSR count). The average Bonchev–Trinajstić information content (AvgIpc) is 2.75. The highest BCUT2D eigenvalue weighted by Crippen LogP contribution is 2.36. The van der Waals surface area contributed by atoms with Crippen LogP contribution in [-0.2, 0) is 4.79 Å². The number of hydrogen-bond donors (Lipinski definition) is 1. The maximum Gasteiger partial charge on any atom is 0.164 e. The normalized spacial score (nSPS) is 36.5. The summed E-state index contributed by atoms with van der Waals surface area (Å²) < 4.78 is 0. The molecule has 0 saturated heterocycles. The van der Waals surface area contributed by atoms with E-state index in [0.717, 1.165) is 12.8 Å². The zero-order chi connectivity index (χ0) is 11.6. The van der Waals surface area contributed by atoms with E-state index in [2.05, 4.69) is 6.92 Å². The third kappa shape index (κ3) is 2.65. The van der Waals surface area contributed by atoms with E-state index >= 15 is 0 Å². The lowest BCUT2D eigenvalue weighted by Crippen LogP contribution is -2.42. The Hall–Kier alpha value is -0.370. The first-order valence-electron chi connectivity index (χ1n) is 6.86. The van der Waals surface area contributed by atoms with Crippen molar-refractivity contribution in [1.29, 1.82) is 0 Å². The van der Waals surface area contributed by atoms with Gasteiger partial charge >= 0.3 is 0 Å². The van der Waals surface area contributed by atoms with Crippen LogP contribution in [-0.4, -0.2) is 16.5 Å². The van der Waals surface area contributed by atoms with Crippen LogP contribution in [0.5, 0.6) is 0 Å². The summed E-state index contributed by atoms with van der Waals surface area (Å²) in [6, 6.07) is 0. The maximum absolute atomic E-state index is 12.1. The molecule has 0 spiro atoms. The molecule has 0 aromatic heterocycles. The van der Waals surface area contributed by atoms with Gasteiger partial charge in [0.15, 0.2) is 5.78 Å². The molecule has 0 atom stereocenters. The second-order valence-electron chi connectivity index (χ2n) is 5.99. The van der Waals surface area contributed by atoms with Gasteiger partial charge in [-0.2, -0.15) is 0 Å². The summed E-state index contributed by atoms with van der Waals surface area (Å²) in [6.45, 7) is 2.21. The van der Waals surface area contributed by atoms with E-state index in [0.29, 0.717) is 31.1 Å². The zero-order valence-electron chi connectivity index (χ0n) is 10.4. The van der Waals surface area contributed by atoms with Gasteiger partial charge in [0, 0.05) is 6.42 Å². The van der Waals surface area contributed by atoms with E-state index in [9.17, 15) is 9.90 Å². The summed E-state index contributed by atoms with van der Waals surface area (Å²) in [5.74, 6) is 1.38. The van der Waals surface area contributed by atoms with E-state index < -0.39 is 5.60 Å². The first-order chi connectivity index (χ1) is 7.60. The van der Waals surface area contributed by atoms with Gasteiger partial charge in [-0.15, -0.1) is 0 Å². The Labute approximate surface area is 98.4 Å². The zero-order valence-corrected chi connectivity index (χ0v) is 10.4. The Balaban J connectivity index is 1.87. The fourth-order valence-corrected chi connectivity index (χ4v) is 3.19. The molecule has 2 aliphatic rings. The van der Waals surface area contributed by atoms with Gasteiger partial charge in [-0.1, -0.05) is 32.6 Å². The number of rotatable bonds is 3. The Morgan fingerprint density at radius 1 is 1.19 bits per heavy atom. The third-order valence-corrected chi connectivity index (χ3v) is 4.57. The van der Waals surface area contributed by atoms with Gasteiger partial charge in [-0.3, -0.25) is 4.79 Å². The Kier molecular flexibility index (Phi) is 3.68. The summed E-state index contributed by atoms with van der Waals surface area (Å²) >= 11 is 0. The minimum atomic E-state index is -0.963. The predicted molar refractivity (Wildman–Crippen MR) is 64.2 cm³/mol. The van der Waals surface area contributed by atoms with Crippen LogP contribution in [0, 0.1) is 11.8 Å². The molecule has 0 aliphatic heterocycles. The minimum Gasteiger partial charge on any atom is -0.382 e. The molecule has 0 unspecified atom stereocenters. The van der Waals surface area contributed by atoms with Crippen molar-refractivity contribution in [2.24, 2.45) is 11.8 Å². The lowest BCUT2D eigenvalue weighted by molar-refractivity contribution is -0.142. The molecule has 16 heavy (non-hydrogen) atoms. The first-order valence-corrected chi connectivity index (χ1v) is 6.86. The van der Waals surface area contributed by atoms with Gasteiger partial charge in [0.1, 0.15) is 5.60 Å². The lowest BCUT2D eigenvalue weighted by atomic mass is 9.75. The van der Waals surface area contributed by atoms with Crippen molar-refractivity contribution < 1.29 is 9.90 Å². The van der Waals surface area contributed by atoms with Crippen molar-refractivity contribution in [2.45, 2.75) is 70.3 Å². The van der Waals surface area contributed by atoms with Crippen molar-refractivity contribution in [1.82, 2.24) is 0 Å². The molecule has 2 nitrogen and oxygen atoms in total. The number of aliphatic hydroxyl groups is 1. The molecule has 0 amide bonds. The lowest BCUT2D eigenvalue weighted by Gasteiger charge is -2.34. The number of hydrogen-bond acceptors (Lipinski definition) is 2. The summed E-state index contributed by atoms with van der Waals surface area (Å²) in [5, 5.41) is 10.4. The van der Waals surface area contributed by atoms with Crippen molar-refractivity contribution >= 4 is 5.78 Å². The average molecular weight is 224 g/mol. The van der Waals surface area contributed by atoms with Gasteiger partial charge in [0.05, 0.1) is 0 Å². The van der Waals surface area contributed by atoms with Crippen LogP contribution >= 0.6 is 0 Å². The van der Waals surface area contributed by atoms with E-state index in [1.165, 1.54) is 25.7 Å². The molecule has 2 fully saturated rings. The summed E-state index contributed by atoms with van der Waals surface area (Å²) in [6.07, 6.45) is 8.96. The van der Waals surface area contributed by atoms with Crippen LogP contribution in [0.4, 0.5) is 0 Å². The molecule has 2 saturated carbocycles. The first kappa shape index (κ1) is 12.1. The number of carbonyl (C=O) groups is 1. The molecule has 2 heteroatoms. The predicted octanol–water partition coefficient (Wildman–Crippen LogP) is 3.08. The number of carbonyl (C=O) groups excluding carboxylic acids is 1. The van der Waals surface area contributed by atoms with Crippen molar-refractivity contribution in [3.63, 3.8) is 0 Å². The Morgan fingerprint density at radius 2 is 1.75 bits per heavy atom. The summed E-state index contributed by atoms with van der Waals surface area (Å²) in [4.78, 5) is 12.1. The molecule has 1 N–H and O–H groups in total. The topological polar surface area (TPSA) is 37.3 Å². The molecule has 0 bridgehead atoms. The monoisotopic (exact) mass is 224 g/mol. The molecular weight excluding hydrogens is 200 g/mol. The van der Waals surface area contributed by atoms with Crippen molar-refractivity contribution in [2.75, 3.05) is 0 Å². The highest BCUT2D eigenvalue weighted by atomic mass is 16.3. The molecule has 92 valence electrons. The van der Waals surface area contributed by atoms with E-state index in [1.54, 1.807) is 0 Å². The van der Waals surface area contributed by atoms with Crippen LogP contribution in [0.25, 0.3) is 0 Å². The molecule has 0 radical (unpaired) electrons. The molecular formula is C14H24O2. The molecule has 0 aromatic rings. The fraction of sp³-hybridized carbons (Fsp3) is 0.929. The van der Waals surface area contributed by atoms with Gasteiger partial charge < -0.3 is 5.11 Å². The van der Waals surface area contributed by atoms with Crippen LogP contribution < -0.4 is 0 Å². The number of Topliss-reactive ketones (excluding diaryl/α,β-unsaturated/α-hetero) is 1. The van der Waals surface area contributed by atoms with Crippen molar-refractivity contribution in [3.8, 4) is 0 Å². The van der Waals surface area contributed by atoms with Crippen LogP contribution in [0.15, 0.2) is 0 Å². The van der Waals surface area contributed by atoms with Gasteiger partial charge in [-0.05, 0) is 37.5 Å². The fourth-order valence-electron chi connectivity index (χ4n) is 3.19. The maximum atomic E-state index is 12.1. The molecule has 0 aromatic carbocycles. The number of ketones is 1. The Morgan fingerprint density at radius 3 is 2.31 bits per heavy atom. The largest absolute Gasteiger partial charge is 0.382 e. The van der Waals surface area contributed by atoms with Crippen LogP contribution in [0.2, 0.25) is 0 Å². The highest BCUT2D eigenvalue weighted by Gasteiger charge is 2.39. The minimum absolute atomic E-state index is 0.131. The quantitative estimate of drug-likeness (QED) is 0.800. The van der Waals surface area contributed by atoms with Crippen LogP contribution in [0.3, 0.4) is 0 Å². The van der Waals surface area contributed by atoms with Gasteiger partial charge in [0.2, 0.25) is 0 Å². The van der Waals surface area contributed by atoms with E-state index in [1.807, 2.05) is 0 Å². The Bertz CT molecular complexity index is 245. The van der Waals surface area contributed by atoms with E-state index in [-0.39, 0.29) is 5.78 Å². The third-order valence-electron chi connectivity index (χ3n) is 4.57. The standard InChI is InChI=1S/C14H24O2/c1-11-6-8-14(16,9-7-11)13(15)10-12-4-2-3-5-12/h11-12,16H,2-10H2,1H3. The SMILES string of the molecule is CC1CCC(O)(C(=O)CC2CCCC2)CC1. The van der Waals surface area contributed by atoms with Crippen molar-refractivity contribution in [3.05, 3.63) is 0 Å². The summed E-state index contributed by atoms with van der Waals surface area (Å²) in [7, 11) is 0. The van der Waals surface area contributed by atoms with E-state index in [4.69, 9.17) is 0 Å². The highest BCUT2D eigenvalue weighted by molar-refractivity contribution is 5.87. The van der Waals surface area contributed by atoms with Gasteiger partial charge in [-0.25, -0.2) is 0 Å². The van der Waals surface area contributed by atoms with Crippen LogP contribution in [0.1, 0.15) is 64.7 Å². The molecule has 2 aliphatic carbocycles. The smallest absolute Gasteiger partial charge is 0.164 e. The molecule has 0 heterocycles.